The molecule has 0 spiro atoms. The molecule has 0 saturated carbocycles. The first kappa shape index (κ1) is 34.6. The van der Waals surface area contributed by atoms with Gasteiger partial charge in [-0.3, -0.25) is 0 Å². The summed E-state index contributed by atoms with van der Waals surface area (Å²) in [7, 11) is 0.965. The van der Waals surface area contributed by atoms with Crippen molar-refractivity contribution in [1.29, 1.82) is 0 Å². The molecular weight excluding hydrogens is 627 g/mol. The summed E-state index contributed by atoms with van der Waals surface area (Å²) in [5.74, 6) is 0.507. The van der Waals surface area contributed by atoms with Gasteiger partial charge in [-0.2, -0.15) is 0 Å². The van der Waals surface area contributed by atoms with Gasteiger partial charge in [-0.15, -0.1) is 0 Å². The lowest BCUT2D eigenvalue weighted by molar-refractivity contribution is 0.951. The largest absolute Gasteiger partial charge is 0.405 e. The fourth-order valence-electron chi connectivity index (χ4n) is 7.80. The molecule has 6 aromatic rings. The van der Waals surface area contributed by atoms with Gasteiger partial charge in [-0.05, 0) is 123 Å². The fraction of sp³-hybridized carbons (Fsp3) is 0.143. The number of nitrogens with two attached hydrogens (primary N) is 2. The molecule has 6 aromatic carbocycles. The van der Waals surface area contributed by atoms with Crippen LogP contribution in [0.1, 0.15) is 59.5 Å². The third-order valence-electron chi connectivity index (χ3n) is 10.8. The van der Waals surface area contributed by atoms with Crippen molar-refractivity contribution >= 4 is 34.9 Å². The van der Waals surface area contributed by atoms with Crippen molar-refractivity contribution in [2.45, 2.75) is 45.2 Å². The summed E-state index contributed by atoms with van der Waals surface area (Å²) >= 11 is 0. The van der Waals surface area contributed by atoms with E-state index in [0.29, 0.717) is 5.82 Å². The fourth-order valence-corrected chi connectivity index (χ4v) is 7.80. The van der Waals surface area contributed by atoms with E-state index in [1.807, 2.05) is 12.2 Å². The van der Waals surface area contributed by atoms with E-state index in [-0.39, 0.29) is 5.82 Å². The quantitative estimate of drug-likeness (QED) is 0.112. The Kier molecular flexibility index (Phi) is 10.4. The van der Waals surface area contributed by atoms with Gasteiger partial charge in [0.25, 0.3) is 0 Å². The van der Waals surface area contributed by atoms with Crippen molar-refractivity contribution in [3.05, 3.63) is 197 Å². The molecule has 256 valence electrons. The van der Waals surface area contributed by atoms with Crippen molar-refractivity contribution in [2.24, 2.45) is 11.5 Å². The Morgan fingerprint density at radius 2 is 1.35 bits per heavy atom. The molecule has 3 heteroatoms. The number of fused-ring (bicyclic) bond motifs is 2. The zero-order chi connectivity index (χ0) is 36.0. The molecule has 7 rings (SSSR count). The minimum Gasteiger partial charge on any atom is -0.405 e. The van der Waals surface area contributed by atoms with E-state index in [0.717, 1.165) is 31.4 Å². The average molecular weight is 675 g/mol. The van der Waals surface area contributed by atoms with E-state index in [1.54, 1.807) is 6.20 Å². The van der Waals surface area contributed by atoms with E-state index in [9.17, 15) is 0 Å². The zero-order valence-electron chi connectivity index (χ0n) is 30.5. The maximum Gasteiger partial charge on any atom is 0.143 e. The average Bonchev–Trinajstić information content (AvgIpc) is 3.19. The Bertz CT molecular complexity index is 2300. The first-order chi connectivity index (χ1) is 25.4. The van der Waals surface area contributed by atoms with Crippen LogP contribution in [0.5, 0.6) is 0 Å². The molecule has 2 unspecified atom stereocenters. The molecule has 2 atom stereocenters. The van der Waals surface area contributed by atoms with E-state index < -0.39 is 0 Å². The lowest BCUT2D eigenvalue weighted by Gasteiger charge is -2.27. The number of rotatable bonds is 10. The molecule has 0 heterocycles. The van der Waals surface area contributed by atoms with Crippen LogP contribution in [0.25, 0.3) is 49.9 Å². The van der Waals surface area contributed by atoms with Gasteiger partial charge in [-0.1, -0.05) is 164 Å². The highest BCUT2D eigenvalue weighted by Gasteiger charge is 2.24. The Morgan fingerprint density at radius 3 is 2.08 bits per heavy atom. The van der Waals surface area contributed by atoms with Gasteiger partial charge in [-0.25, -0.2) is 0 Å². The third-order valence-corrected chi connectivity index (χ3v) is 10.8. The molecule has 2 nitrogen and oxygen atoms in total. The summed E-state index contributed by atoms with van der Waals surface area (Å²) in [4.78, 5) is 0. The molecule has 0 saturated heterocycles. The zero-order valence-corrected chi connectivity index (χ0v) is 30.5. The summed E-state index contributed by atoms with van der Waals surface area (Å²) in [6, 6.07) is 48.5. The van der Waals surface area contributed by atoms with Crippen LogP contribution < -0.4 is 11.5 Å². The molecule has 0 bridgehead atoms. The summed E-state index contributed by atoms with van der Waals surface area (Å²) < 4.78 is 0. The van der Waals surface area contributed by atoms with Crippen LogP contribution in [0.3, 0.4) is 0 Å². The number of hydrogen-bond acceptors (Lipinski definition) is 2. The smallest absolute Gasteiger partial charge is 0.143 e. The first-order valence-corrected chi connectivity index (χ1v) is 18.5. The highest BCUT2D eigenvalue weighted by Crippen LogP contribution is 2.40. The second-order valence-corrected chi connectivity index (χ2v) is 14.2. The molecule has 0 aromatic heterocycles. The SMILES string of the molecule is C/C(=C\C=C/N)c1ccc(-c2ccc(/C(N)=C/C(BC(C)c3ccc(-c4cccc5ccccc45)cc3)C3=CCCc4c(C)cccc43)cc2)cc1. The Labute approximate surface area is 310 Å². The molecule has 0 fully saturated rings. The molecule has 1 aliphatic carbocycles. The van der Waals surface area contributed by atoms with Crippen LogP contribution in [0.4, 0.5) is 0 Å². The predicted molar refractivity (Wildman–Crippen MR) is 227 cm³/mol. The van der Waals surface area contributed by atoms with E-state index in [2.05, 4.69) is 166 Å². The van der Waals surface area contributed by atoms with Gasteiger partial charge >= 0.3 is 0 Å². The molecule has 4 N–H and O–H groups in total. The molecule has 1 aliphatic rings. The van der Waals surface area contributed by atoms with Crippen molar-refractivity contribution in [2.75, 3.05) is 0 Å². The van der Waals surface area contributed by atoms with Crippen LogP contribution in [0.15, 0.2) is 164 Å². The van der Waals surface area contributed by atoms with Gasteiger partial charge in [0.15, 0.2) is 0 Å². The van der Waals surface area contributed by atoms with Crippen molar-refractivity contribution in [3.8, 4) is 22.3 Å². The number of benzene rings is 6. The second-order valence-electron chi connectivity index (χ2n) is 14.2. The maximum atomic E-state index is 6.99. The van der Waals surface area contributed by atoms with E-state index in [4.69, 9.17) is 11.5 Å². The lowest BCUT2D eigenvalue weighted by atomic mass is 9.50. The maximum absolute atomic E-state index is 6.99. The van der Waals surface area contributed by atoms with E-state index >= 15 is 0 Å². The molecule has 0 aliphatic heterocycles. The number of hydrogen-bond donors (Lipinski definition) is 2. The number of aryl methyl sites for hydroxylation is 1. The summed E-state index contributed by atoms with van der Waals surface area (Å²) in [6.45, 7) is 6.70. The minimum absolute atomic E-state index is 0.172. The highest BCUT2D eigenvalue weighted by atomic mass is 14.6. The first-order valence-electron chi connectivity index (χ1n) is 18.5. The highest BCUT2D eigenvalue weighted by molar-refractivity contribution is 6.44. The lowest BCUT2D eigenvalue weighted by Crippen LogP contribution is -2.16. The van der Waals surface area contributed by atoms with Gasteiger partial charge in [0.05, 0.1) is 0 Å². The van der Waals surface area contributed by atoms with Gasteiger partial charge in [0, 0.05) is 5.70 Å². The van der Waals surface area contributed by atoms with Gasteiger partial charge < -0.3 is 11.5 Å². The van der Waals surface area contributed by atoms with Crippen LogP contribution in [0, 0.1) is 6.92 Å². The van der Waals surface area contributed by atoms with Gasteiger partial charge in [0.1, 0.15) is 7.28 Å². The Hall–Kier alpha value is -5.80. The molecule has 0 radical (unpaired) electrons. The van der Waals surface area contributed by atoms with Crippen LogP contribution in [0.2, 0.25) is 5.82 Å². The Morgan fingerprint density at radius 1 is 0.712 bits per heavy atom. The summed E-state index contributed by atoms with van der Waals surface area (Å²) in [6.07, 6.45) is 12.4. The topological polar surface area (TPSA) is 52.0 Å². The van der Waals surface area contributed by atoms with Crippen LogP contribution in [-0.4, -0.2) is 7.28 Å². The summed E-state index contributed by atoms with van der Waals surface area (Å²) in [5.41, 5.74) is 28.6. The molecule has 52 heavy (non-hydrogen) atoms. The van der Waals surface area contributed by atoms with Gasteiger partial charge in [0.2, 0.25) is 0 Å². The third kappa shape index (κ3) is 7.46. The predicted octanol–water partition coefficient (Wildman–Crippen LogP) is 11.7. The molecule has 0 amide bonds. The normalized spacial score (nSPS) is 14.6. The second kappa shape index (κ2) is 15.6. The standard InChI is InChI=1S/C49H47BN2/c1-33(11-9-31-51)36-19-23-38(24-20-36)39-25-29-42(30-26-39)49(52)32-48(47-18-8-15-43-34(2)10-6-17-46(43)47)50-35(3)37-21-27-41(28-22-37)45-16-7-13-40-12-4-5-14-44(40)45/h4-7,9-14,16-32,35,48,50H,8,15,51-52H2,1-3H3/b31-9-,33-11+,49-32-. The van der Waals surface area contributed by atoms with Crippen molar-refractivity contribution in [1.82, 2.24) is 0 Å². The monoisotopic (exact) mass is 674 g/mol. The van der Waals surface area contributed by atoms with Crippen LogP contribution >= 0.6 is 0 Å². The number of allylic oxidation sites excluding steroid dienone is 6. The van der Waals surface area contributed by atoms with Crippen molar-refractivity contribution in [3.63, 3.8) is 0 Å². The van der Waals surface area contributed by atoms with Crippen LogP contribution in [-0.2, 0) is 6.42 Å². The van der Waals surface area contributed by atoms with Crippen molar-refractivity contribution < 1.29 is 0 Å². The molecular formula is C49H47BN2. The minimum atomic E-state index is 0.172. The summed E-state index contributed by atoms with van der Waals surface area (Å²) in [5, 5.41) is 2.56. The Balaban J connectivity index is 1.16. The van der Waals surface area contributed by atoms with E-state index in [1.165, 1.54) is 72.0 Å².